The van der Waals surface area contributed by atoms with E-state index < -0.39 is 16.2 Å². The minimum atomic E-state index is -4.77. The Morgan fingerprint density at radius 3 is 2.27 bits per heavy atom. The maximum Gasteiger partial charge on any atom is 0.573 e. The zero-order valence-electron chi connectivity index (χ0n) is 22.4. The zero-order valence-corrected chi connectivity index (χ0v) is 23.2. The minimum absolute atomic E-state index is 0.0696. The van der Waals surface area contributed by atoms with Crippen LogP contribution in [0.1, 0.15) is 62.4 Å². The largest absolute Gasteiger partial charge is 0.573 e. The number of nitrogens with zero attached hydrogens (tertiary/aromatic N) is 2. The number of hydrogen-bond donors (Lipinski definition) is 2. The number of aromatic nitrogens is 2. The molecule has 1 aliphatic heterocycles. The molecule has 2 heterocycles. The predicted molar refractivity (Wildman–Crippen MR) is 146 cm³/mol. The Balaban J connectivity index is 1.45. The fourth-order valence-electron chi connectivity index (χ4n) is 5.98. The molecule has 2 fully saturated rings. The van der Waals surface area contributed by atoms with Crippen LogP contribution in [0.15, 0.2) is 42.5 Å². The molecular weight excluding hydrogens is 545 g/mol. The third-order valence-electron chi connectivity index (χ3n) is 7.70. The highest BCUT2D eigenvalue weighted by molar-refractivity contribution is 7.91. The SMILES string of the molecule is CC1CC(C)CC(n2c(Nc3ccc(OC(F)(F)F)cc3)nc3ccc(C(=O)NC4CCS(=O)(=O)CC4)cc32)C1. The number of fused-ring (bicyclic) bond motifs is 1. The molecule has 1 saturated carbocycles. The lowest BCUT2D eigenvalue weighted by Crippen LogP contribution is -2.40. The Bertz CT molecular complexity index is 1460. The normalized spacial score (nSPS) is 23.6. The van der Waals surface area contributed by atoms with Crippen LogP contribution in [0.2, 0.25) is 0 Å². The first-order valence-electron chi connectivity index (χ1n) is 13.5. The van der Waals surface area contributed by atoms with Gasteiger partial charge in [0.25, 0.3) is 5.91 Å². The first-order valence-corrected chi connectivity index (χ1v) is 15.3. The molecule has 2 aromatic carbocycles. The number of halogens is 3. The summed E-state index contributed by atoms with van der Waals surface area (Å²) in [7, 11) is -3.03. The molecule has 3 aromatic rings. The second-order valence-electron chi connectivity index (χ2n) is 11.2. The van der Waals surface area contributed by atoms with Gasteiger partial charge < -0.3 is 19.9 Å². The molecule has 1 aromatic heterocycles. The molecule has 1 aliphatic carbocycles. The van der Waals surface area contributed by atoms with E-state index in [1.807, 2.05) is 6.07 Å². The molecule has 2 aliphatic rings. The van der Waals surface area contributed by atoms with Crippen molar-refractivity contribution in [3.8, 4) is 5.75 Å². The number of carbonyl (C=O) groups is 1. The molecule has 0 bridgehead atoms. The lowest BCUT2D eigenvalue weighted by Gasteiger charge is -2.33. The number of hydrogen-bond acceptors (Lipinski definition) is 6. The van der Waals surface area contributed by atoms with Gasteiger partial charge in [0, 0.05) is 23.3 Å². The molecule has 5 rings (SSSR count). The van der Waals surface area contributed by atoms with Gasteiger partial charge in [-0.2, -0.15) is 0 Å². The number of rotatable bonds is 6. The van der Waals surface area contributed by atoms with Gasteiger partial charge in [0.2, 0.25) is 5.95 Å². The van der Waals surface area contributed by atoms with Crippen LogP contribution >= 0.6 is 0 Å². The quantitative estimate of drug-likeness (QED) is 0.373. The van der Waals surface area contributed by atoms with Gasteiger partial charge in [-0.3, -0.25) is 4.79 Å². The molecule has 12 heteroatoms. The first-order chi connectivity index (χ1) is 18.8. The van der Waals surface area contributed by atoms with Crippen molar-refractivity contribution in [1.82, 2.24) is 14.9 Å². The van der Waals surface area contributed by atoms with Gasteiger partial charge >= 0.3 is 6.36 Å². The number of benzene rings is 2. The molecule has 1 amide bonds. The fraction of sp³-hybridized carbons (Fsp3) is 0.500. The van der Waals surface area contributed by atoms with Crippen LogP contribution in [0, 0.1) is 11.8 Å². The number of imidazole rings is 1. The van der Waals surface area contributed by atoms with Gasteiger partial charge in [-0.15, -0.1) is 13.2 Å². The third kappa shape index (κ3) is 6.71. The monoisotopic (exact) mass is 578 g/mol. The van der Waals surface area contributed by atoms with Crippen LogP contribution < -0.4 is 15.4 Å². The second-order valence-corrected chi connectivity index (χ2v) is 13.5. The molecule has 216 valence electrons. The average molecular weight is 579 g/mol. The van der Waals surface area contributed by atoms with Gasteiger partial charge in [-0.05, 0) is 86.4 Å². The van der Waals surface area contributed by atoms with E-state index in [-0.39, 0.29) is 35.2 Å². The van der Waals surface area contributed by atoms with E-state index in [4.69, 9.17) is 4.98 Å². The van der Waals surface area contributed by atoms with Crippen LogP contribution in [-0.4, -0.2) is 47.8 Å². The number of ether oxygens (including phenoxy) is 1. The standard InChI is InChI=1S/C28H33F3N4O4S/c1-17-13-18(2)15-22(14-17)35-25-16-19(26(36)32-21-9-11-40(37,38)12-10-21)3-8-24(25)34-27(35)33-20-4-6-23(7-5-20)39-28(29,30)31/h3-8,16-18,21-22H,9-15H2,1-2H3,(H,32,36)(H,33,34). The van der Waals surface area contributed by atoms with Crippen molar-refractivity contribution in [3.63, 3.8) is 0 Å². The Morgan fingerprint density at radius 2 is 1.65 bits per heavy atom. The number of nitrogens with one attached hydrogen (secondary N) is 2. The topological polar surface area (TPSA) is 102 Å². The Morgan fingerprint density at radius 1 is 1.00 bits per heavy atom. The van der Waals surface area contributed by atoms with Gasteiger partial charge in [-0.1, -0.05) is 13.8 Å². The molecule has 0 spiro atoms. The molecule has 2 N–H and O–H groups in total. The van der Waals surface area contributed by atoms with Crippen molar-refractivity contribution in [3.05, 3.63) is 48.0 Å². The lowest BCUT2D eigenvalue weighted by atomic mass is 9.80. The summed E-state index contributed by atoms with van der Waals surface area (Å²) < 4.78 is 67.3. The van der Waals surface area contributed by atoms with Gasteiger partial charge in [-0.25, -0.2) is 13.4 Å². The summed E-state index contributed by atoms with van der Waals surface area (Å²) >= 11 is 0. The fourth-order valence-corrected chi connectivity index (χ4v) is 7.47. The van der Waals surface area contributed by atoms with Gasteiger partial charge in [0.15, 0.2) is 0 Å². The average Bonchev–Trinajstić information content (AvgIpc) is 3.22. The van der Waals surface area contributed by atoms with Crippen LogP contribution in [0.4, 0.5) is 24.8 Å². The minimum Gasteiger partial charge on any atom is -0.406 e. The number of carbonyl (C=O) groups excluding carboxylic acids is 1. The van der Waals surface area contributed by atoms with Gasteiger partial charge in [0.05, 0.1) is 22.5 Å². The van der Waals surface area contributed by atoms with Gasteiger partial charge in [0.1, 0.15) is 15.6 Å². The number of alkyl halides is 3. The summed E-state index contributed by atoms with van der Waals surface area (Å²) in [6.45, 7) is 4.44. The molecule has 40 heavy (non-hydrogen) atoms. The van der Waals surface area contributed by atoms with Crippen LogP contribution in [0.3, 0.4) is 0 Å². The molecule has 0 radical (unpaired) electrons. The number of sulfone groups is 1. The predicted octanol–water partition coefficient (Wildman–Crippen LogP) is 5.98. The zero-order chi connectivity index (χ0) is 28.7. The van der Waals surface area contributed by atoms with Crippen molar-refractivity contribution in [1.29, 1.82) is 0 Å². The number of anilines is 2. The second kappa shape index (κ2) is 10.9. The van der Waals surface area contributed by atoms with E-state index >= 15 is 0 Å². The summed E-state index contributed by atoms with van der Waals surface area (Å²) in [4.78, 5) is 17.9. The van der Waals surface area contributed by atoms with Crippen molar-refractivity contribution >= 4 is 38.4 Å². The van der Waals surface area contributed by atoms with Crippen LogP contribution in [0.25, 0.3) is 11.0 Å². The first kappa shape index (κ1) is 28.3. The summed E-state index contributed by atoms with van der Waals surface area (Å²) in [5, 5.41) is 6.24. The van der Waals surface area contributed by atoms with E-state index in [9.17, 15) is 26.4 Å². The smallest absolute Gasteiger partial charge is 0.406 e. The van der Waals surface area contributed by atoms with Crippen LogP contribution in [-0.2, 0) is 9.84 Å². The number of amides is 1. The highest BCUT2D eigenvalue weighted by Crippen LogP contribution is 2.40. The maximum atomic E-state index is 13.1. The van der Waals surface area contributed by atoms with Crippen LogP contribution in [0.5, 0.6) is 5.75 Å². The summed E-state index contributed by atoms with van der Waals surface area (Å²) in [6, 6.07) is 10.7. The third-order valence-corrected chi connectivity index (χ3v) is 9.42. The van der Waals surface area contributed by atoms with E-state index in [2.05, 4.69) is 33.8 Å². The summed E-state index contributed by atoms with van der Waals surface area (Å²) in [5.74, 6) is 1.09. The summed E-state index contributed by atoms with van der Waals surface area (Å²) in [6.07, 6.45) is -1.00. The maximum absolute atomic E-state index is 13.1. The lowest BCUT2D eigenvalue weighted by molar-refractivity contribution is -0.274. The molecule has 2 atom stereocenters. The van der Waals surface area contributed by atoms with E-state index in [1.54, 1.807) is 12.1 Å². The highest BCUT2D eigenvalue weighted by Gasteiger charge is 2.32. The highest BCUT2D eigenvalue weighted by atomic mass is 32.2. The molecular formula is C28H33F3N4O4S. The van der Waals surface area contributed by atoms with Crippen molar-refractivity contribution in [2.75, 3.05) is 16.8 Å². The molecule has 1 saturated heterocycles. The van der Waals surface area contributed by atoms with E-state index in [0.717, 1.165) is 24.8 Å². The molecule has 8 nitrogen and oxygen atoms in total. The summed E-state index contributed by atoms with van der Waals surface area (Å²) in [5.41, 5.74) is 2.47. The van der Waals surface area contributed by atoms with E-state index in [0.29, 0.717) is 47.4 Å². The Kier molecular flexibility index (Phi) is 7.73. The van der Waals surface area contributed by atoms with E-state index in [1.165, 1.54) is 24.3 Å². The Labute approximate surface area is 231 Å². The Hall–Kier alpha value is -3.28. The van der Waals surface area contributed by atoms with Crippen molar-refractivity contribution < 1.29 is 31.1 Å². The van der Waals surface area contributed by atoms with Crippen molar-refractivity contribution in [2.24, 2.45) is 11.8 Å². The van der Waals surface area contributed by atoms with Crippen molar-refractivity contribution in [2.45, 2.75) is 64.4 Å². The molecule has 2 unspecified atom stereocenters.